The largest absolute Gasteiger partial charge is 0.463 e. The second kappa shape index (κ2) is 8.51. The molecule has 102 valence electrons. The maximum atomic E-state index is 5.74. The Morgan fingerprint density at radius 3 is 2.89 bits per heavy atom. The van der Waals surface area contributed by atoms with E-state index in [1.807, 2.05) is 0 Å². The highest BCUT2D eigenvalue weighted by Gasteiger charge is 2.12. The summed E-state index contributed by atoms with van der Waals surface area (Å²) in [6.07, 6.45) is 6.46. The molecule has 0 amide bonds. The van der Waals surface area contributed by atoms with E-state index >= 15 is 0 Å². The van der Waals surface area contributed by atoms with Crippen molar-refractivity contribution in [2.24, 2.45) is 5.92 Å². The first-order valence-corrected chi connectivity index (χ1v) is 6.54. The van der Waals surface area contributed by atoms with Gasteiger partial charge in [0.1, 0.15) is 5.15 Å². The number of hydrogen-bond donors (Lipinski definition) is 1. The predicted octanol–water partition coefficient (Wildman–Crippen LogP) is 2.71. The van der Waals surface area contributed by atoms with E-state index in [0.29, 0.717) is 17.8 Å². The fraction of sp³-hybridized carbons (Fsp3) is 0.667. The average Bonchev–Trinajstić information content (AvgIpc) is 2.36. The molecule has 6 heteroatoms. The van der Waals surface area contributed by atoms with Gasteiger partial charge in [0.05, 0.1) is 6.61 Å². The maximum absolute atomic E-state index is 5.74. The first-order valence-electron chi connectivity index (χ1n) is 6.16. The Kier molecular flexibility index (Phi) is 7.32. The van der Waals surface area contributed by atoms with E-state index in [2.05, 4.69) is 15.3 Å². The fourth-order valence-electron chi connectivity index (χ4n) is 2.10. The molecule has 1 aromatic rings. The summed E-state index contributed by atoms with van der Waals surface area (Å²) in [6.45, 7) is 2.98. The second-order valence-electron chi connectivity index (χ2n) is 4.35. The van der Waals surface area contributed by atoms with E-state index in [1.165, 1.54) is 19.3 Å². The van der Waals surface area contributed by atoms with Crippen LogP contribution in [-0.2, 0) is 0 Å². The summed E-state index contributed by atoms with van der Waals surface area (Å²) in [5, 5.41) is 3.80. The zero-order chi connectivity index (χ0) is 11.9. The Labute approximate surface area is 119 Å². The van der Waals surface area contributed by atoms with Crippen LogP contribution in [0, 0.1) is 5.92 Å². The molecule has 1 aliphatic rings. The van der Waals surface area contributed by atoms with E-state index < -0.39 is 0 Å². The Bertz CT molecular complexity index is 346. The predicted molar refractivity (Wildman–Crippen MR) is 74.6 cm³/mol. The highest BCUT2D eigenvalue weighted by Crippen LogP contribution is 2.17. The summed E-state index contributed by atoms with van der Waals surface area (Å²) in [5.74, 6) is 0.847. The average molecular weight is 292 g/mol. The van der Waals surface area contributed by atoms with Crippen LogP contribution in [-0.4, -0.2) is 29.7 Å². The number of aromatic nitrogens is 2. The Balaban J connectivity index is 0.00000162. The van der Waals surface area contributed by atoms with Gasteiger partial charge >= 0.3 is 6.01 Å². The van der Waals surface area contributed by atoms with Crippen molar-refractivity contribution in [3.05, 3.63) is 17.4 Å². The van der Waals surface area contributed by atoms with Gasteiger partial charge in [-0.3, -0.25) is 0 Å². The van der Waals surface area contributed by atoms with Crippen molar-refractivity contribution in [2.45, 2.75) is 25.7 Å². The number of ether oxygens (including phenoxy) is 1. The molecule has 0 unspecified atom stereocenters. The van der Waals surface area contributed by atoms with Crippen molar-refractivity contribution in [3.8, 4) is 6.01 Å². The minimum atomic E-state index is 0. The van der Waals surface area contributed by atoms with Gasteiger partial charge in [-0.1, -0.05) is 11.6 Å². The highest BCUT2D eigenvalue weighted by atomic mass is 35.5. The quantitative estimate of drug-likeness (QED) is 0.669. The number of halogens is 2. The molecule has 0 bridgehead atoms. The molecule has 0 spiro atoms. The molecule has 0 radical (unpaired) electrons. The van der Waals surface area contributed by atoms with Crippen LogP contribution in [0.15, 0.2) is 12.3 Å². The van der Waals surface area contributed by atoms with E-state index in [4.69, 9.17) is 16.3 Å². The number of nitrogens with one attached hydrogen (secondary N) is 1. The van der Waals surface area contributed by atoms with Crippen molar-refractivity contribution in [3.63, 3.8) is 0 Å². The van der Waals surface area contributed by atoms with E-state index in [0.717, 1.165) is 25.4 Å². The van der Waals surface area contributed by atoms with Gasteiger partial charge in [0, 0.05) is 6.20 Å². The zero-order valence-electron chi connectivity index (χ0n) is 10.3. The monoisotopic (exact) mass is 291 g/mol. The van der Waals surface area contributed by atoms with Gasteiger partial charge in [-0.25, -0.2) is 4.98 Å². The number of hydrogen-bond acceptors (Lipinski definition) is 4. The minimum absolute atomic E-state index is 0. The molecule has 0 atom stereocenters. The Morgan fingerprint density at radius 1 is 1.39 bits per heavy atom. The maximum Gasteiger partial charge on any atom is 0.317 e. The van der Waals surface area contributed by atoms with Crippen LogP contribution in [0.5, 0.6) is 6.01 Å². The lowest BCUT2D eigenvalue weighted by atomic mass is 9.93. The normalized spacial score (nSPS) is 16.1. The Morgan fingerprint density at radius 2 is 2.17 bits per heavy atom. The van der Waals surface area contributed by atoms with Gasteiger partial charge in [0.2, 0.25) is 0 Å². The molecule has 2 rings (SSSR count). The van der Waals surface area contributed by atoms with Crippen LogP contribution in [0.4, 0.5) is 0 Å². The van der Waals surface area contributed by atoms with Crippen LogP contribution in [0.25, 0.3) is 0 Å². The Hall–Kier alpha value is -0.580. The summed E-state index contributed by atoms with van der Waals surface area (Å²) in [4.78, 5) is 7.98. The molecule has 2 heterocycles. The van der Waals surface area contributed by atoms with Crippen molar-refractivity contribution in [1.82, 2.24) is 15.3 Å². The third kappa shape index (κ3) is 5.38. The molecular formula is C12H19Cl2N3O. The molecule has 0 aliphatic carbocycles. The van der Waals surface area contributed by atoms with Gasteiger partial charge in [0.15, 0.2) is 0 Å². The summed E-state index contributed by atoms with van der Waals surface area (Å²) in [6, 6.07) is 2.02. The summed E-state index contributed by atoms with van der Waals surface area (Å²) in [7, 11) is 0. The topological polar surface area (TPSA) is 47.0 Å². The fourth-order valence-corrected chi connectivity index (χ4v) is 2.22. The molecule has 1 fully saturated rings. The number of rotatable bonds is 5. The molecule has 1 saturated heterocycles. The van der Waals surface area contributed by atoms with Crippen LogP contribution in [0.1, 0.15) is 25.7 Å². The van der Waals surface area contributed by atoms with E-state index in [9.17, 15) is 0 Å². The minimum Gasteiger partial charge on any atom is -0.463 e. The lowest BCUT2D eigenvalue weighted by Crippen LogP contribution is -2.27. The third-order valence-corrected chi connectivity index (χ3v) is 3.26. The SMILES string of the molecule is Cl.Clc1ccnc(OCCCC2CCNCC2)n1. The highest BCUT2D eigenvalue weighted by molar-refractivity contribution is 6.29. The third-order valence-electron chi connectivity index (χ3n) is 3.05. The van der Waals surface area contributed by atoms with Gasteiger partial charge in [0.25, 0.3) is 0 Å². The molecule has 18 heavy (non-hydrogen) atoms. The first kappa shape index (κ1) is 15.5. The van der Waals surface area contributed by atoms with Gasteiger partial charge < -0.3 is 10.1 Å². The molecular weight excluding hydrogens is 273 g/mol. The lowest BCUT2D eigenvalue weighted by molar-refractivity contribution is 0.258. The summed E-state index contributed by atoms with van der Waals surface area (Å²) >= 11 is 5.74. The molecule has 0 aromatic carbocycles. The van der Waals surface area contributed by atoms with Crippen LogP contribution < -0.4 is 10.1 Å². The number of piperidine rings is 1. The van der Waals surface area contributed by atoms with Crippen molar-refractivity contribution >= 4 is 24.0 Å². The lowest BCUT2D eigenvalue weighted by Gasteiger charge is -2.22. The molecule has 0 saturated carbocycles. The summed E-state index contributed by atoms with van der Waals surface area (Å²) in [5.41, 5.74) is 0. The van der Waals surface area contributed by atoms with Gasteiger partial charge in [-0.15, -0.1) is 12.4 Å². The second-order valence-corrected chi connectivity index (χ2v) is 4.73. The molecule has 1 N–H and O–H groups in total. The van der Waals surface area contributed by atoms with Crippen molar-refractivity contribution in [2.75, 3.05) is 19.7 Å². The van der Waals surface area contributed by atoms with Crippen LogP contribution in [0.3, 0.4) is 0 Å². The van der Waals surface area contributed by atoms with Gasteiger partial charge in [-0.05, 0) is 50.8 Å². The standard InChI is InChI=1S/C12H18ClN3O.ClH/c13-11-5-8-15-12(16-11)17-9-1-2-10-3-6-14-7-4-10;/h5,8,10,14H,1-4,6-7,9H2;1H. The smallest absolute Gasteiger partial charge is 0.317 e. The van der Waals surface area contributed by atoms with Gasteiger partial charge in [-0.2, -0.15) is 4.98 Å². The van der Waals surface area contributed by atoms with Crippen LogP contribution in [0.2, 0.25) is 5.15 Å². The molecule has 1 aliphatic heterocycles. The number of nitrogens with zero attached hydrogens (tertiary/aromatic N) is 2. The van der Waals surface area contributed by atoms with Crippen molar-refractivity contribution in [1.29, 1.82) is 0 Å². The molecule has 4 nitrogen and oxygen atoms in total. The van der Waals surface area contributed by atoms with E-state index in [1.54, 1.807) is 12.3 Å². The first-order chi connectivity index (χ1) is 8.34. The van der Waals surface area contributed by atoms with Crippen molar-refractivity contribution < 1.29 is 4.74 Å². The molecule has 1 aromatic heterocycles. The van der Waals surface area contributed by atoms with Crippen LogP contribution >= 0.6 is 24.0 Å². The van der Waals surface area contributed by atoms with E-state index in [-0.39, 0.29) is 12.4 Å². The summed E-state index contributed by atoms with van der Waals surface area (Å²) < 4.78 is 5.46. The zero-order valence-corrected chi connectivity index (χ0v) is 11.8.